The number of nitrogens with two attached hydrogens (primary N) is 2. The lowest BCUT2D eigenvalue weighted by Crippen LogP contribution is -2.43. The van der Waals surface area contributed by atoms with Crippen LogP contribution >= 0.6 is 0 Å². The summed E-state index contributed by atoms with van der Waals surface area (Å²) in [7, 11) is 0. The fourth-order valence-corrected chi connectivity index (χ4v) is 3.23. The van der Waals surface area contributed by atoms with Gasteiger partial charge < -0.3 is 21.7 Å². The summed E-state index contributed by atoms with van der Waals surface area (Å²) in [5.41, 5.74) is 14.0. The Balaban J connectivity index is 0.00000108. The predicted molar refractivity (Wildman–Crippen MR) is 137 cm³/mol. The third-order valence-electron chi connectivity index (χ3n) is 5.23. The van der Waals surface area contributed by atoms with Gasteiger partial charge in [0.1, 0.15) is 17.3 Å². The molecule has 184 valence electrons. The molecule has 1 aliphatic heterocycles. The van der Waals surface area contributed by atoms with Crippen LogP contribution in [0.2, 0.25) is 0 Å². The molecule has 1 amide bonds. The Bertz CT molecular complexity index is 1110. The molecule has 0 saturated carbocycles. The van der Waals surface area contributed by atoms with Crippen LogP contribution in [0.3, 0.4) is 0 Å². The normalized spacial score (nSPS) is 14.6. The number of nitrogens with one attached hydrogen (secondary N) is 1. The zero-order chi connectivity index (χ0) is 25.2. The van der Waals surface area contributed by atoms with Crippen molar-refractivity contribution in [2.24, 2.45) is 10.7 Å². The van der Waals surface area contributed by atoms with E-state index in [0.29, 0.717) is 5.69 Å². The highest BCUT2D eigenvalue weighted by atomic mass is 16.1. The van der Waals surface area contributed by atoms with Crippen LogP contribution in [0.15, 0.2) is 48.1 Å². The molecule has 3 aromatic rings. The summed E-state index contributed by atoms with van der Waals surface area (Å²) < 4.78 is 0. The van der Waals surface area contributed by atoms with Crippen molar-refractivity contribution in [2.45, 2.75) is 33.1 Å². The molecule has 1 saturated heterocycles. The van der Waals surface area contributed by atoms with Crippen molar-refractivity contribution in [3.63, 3.8) is 0 Å². The molecular weight excluding hydrogens is 444 g/mol. The van der Waals surface area contributed by atoms with E-state index in [9.17, 15) is 4.79 Å². The molecule has 35 heavy (non-hydrogen) atoms. The molecular formula is C24H32N10O. The summed E-state index contributed by atoms with van der Waals surface area (Å²) in [6, 6.07) is 3.70. The Labute approximate surface area is 205 Å². The van der Waals surface area contributed by atoms with Crippen LogP contribution in [0.25, 0.3) is 11.3 Å². The molecule has 1 fully saturated rings. The maximum atomic E-state index is 12.5. The third kappa shape index (κ3) is 7.00. The molecule has 5 N–H and O–H groups in total. The van der Waals surface area contributed by atoms with E-state index in [0.717, 1.165) is 43.1 Å². The maximum absolute atomic E-state index is 12.5. The summed E-state index contributed by atoms with van der Waals surface area (Å²) in [5, 5.41) is 3.28. The number of aromatic nitrogens is 5. The van der Waals surface area contributed by atoms with Gasteiger partial charge in [-0.3, -0.25) is 9.78 Å². The van der Waals surface area contributed by atoms with Crippen LogP contribution in [0.1, 0.15) is 49.2 Å². The number of hydrogen-bond acceptors (Lipinski definition) is 9. The Morgan fingerprint density at radius 2 is 1.71 bits per heavy atom. The van der Waals surface area contributed by atoms with E-state index in [-0.39, 0.29) is 23.4 Å². The van der Waals surface area contributed by atoms with Gasteiger partial charge in [0.05, 0.1) is 18.1 Å². The fraction of sp³-hybridized carbons (Fsp3) is 0.375. The van der Waals surface area contributed by atoms with E-state index < -0.39 is 5.91 Å². The van der Waals surface area contributed by atoms with Crippen LogP contribution in [0.4, 0.5) is 11.8 Å². The molecule has 0 radical (unpaired) electrons. The van der Waals surface area contributed by atoms with E-state index in [1.807, 2.05) is 19.1 Å². The van der Waals surface area contributed by atoms with Crippen LogP contribution in [0, 0.1) is 0 Å². The van der Waals surface area contributed by atoms with Crippen LogP contribution in [-0.4, -0.2) is 62.8 Å². The summed E-state index contributed by atoms with van der Waals surface area (Å²) in [5.74, 6) is 0.281. The molecule has 0 bridgehead atoms. The molecule has 4 rings (SSSR count). The highest BCUT2D eigenvalue weighted by molar-refractivity contribution is 6.03. The van der Waals surface area contributed by atoms with Crippen molar-refractivity contribution in [3.8, 4) is 11.3 Å². The number of rotatable bonds is 5. The summed E-state index contributed by atoms with van der Waals surface area (Å²) in [6.45, 7) is 9.59. The van der Waals surface area contributed by atoms with E-state index in [4.69, 9.17) is 11.5 Å². The Morgan fingerprint density at radius 3 is 2.29 bits per heavy atom. The standard InChI is InChI=1S/C21H24N10O.C3H8/c1-13(14-2-3-16(25-8-14)15-9-28-21(23)29-10-15)19(22)30-20(32)17-11-27-18(12-26-17)31-6-4-24-5-7-31;1-3-2/h2-3,8-13,24H,4-7H2,1H3,(H2,22,30,32)(H2,23,28,29);3H2,1-2H3. The molecule has 4 heterocycles. The molecule has 1 aliphatic rings. The van der Waals surface area contributed by atoms with Gasteiger partial charge in [0.15, 0.2) is 0 Å². The summed E-state index contributed by atoms with van der Waals surface area (Å²) >= 11 is 0. The predicted octanol–water partition coefficient (Wildman–Crippen LogP) is 2.04. The largest absolute Gasteiger partial charge is 0.387 e. The molecule has 11 heteroatoms. The number of nitrogens with zero attached hydrogens (tertiary/aromatic N) is 7. The first-order valence-corrected chi connectivity index (χ1v) is 11.6. The Kier molecular flexibility index (Phi) is 9.13. The maximum Gasteiger partial charge on any atom is 0.298 e. The van der Waals surface area contributed by atoms with Crippen molar-refractivity contribution in [2.75, 3.05) is 36.8 Å². The fourth-order valence-electron chi connectivity index (χ4n) is 3.23. The molecule has 3 aromatic heterocycles. The second-order valence-corrected chi connectivity index (χ2v) is 8.07. The molecule has 0 aromatic carbocycles. The van der Waals surface area contributed by atoms with Gasteiger partial charge in [-0.25, -0.2) is 19.9 Å². The number of aliphatic imine (C=N–C) groups is 1. The first-order chi connectivity index (χ1) is 16.9. The van der Waals surface area contributed by atoms with Gasteiger partial charge >= 0.3 is 0 Å². The van der Waals surface area contributed by atoms with Crippen LogP contribution < -0.4 is 21.7 Å². The topological polar surface area (TPSA) is 161 Å². The van der Waals surface area contributed by atoms with E-state index >= 15 is 0 Å². The van der Waals surface area contributed by atoms with Crippen LogP contribution in [0.5, 0.6) is 0 Å². The van der Waals surface area contributed by atoms with Gasteiger partial charge in [-0.2, -0.15) is 4.99 Å². The Hall–Kier alpha value is -3.99. The molecule has 0 aliphatic carbocycles. The van der Waals surface area contributed by atoms with Crippen LogP contribution in [-0.2, 0) is 0 Å². The van der Waals surface area contributed by atoms with Gasteiger partial charge in [-0.1, -0.05) is 33.3 Å². The highest BCUT2D eigenvalue weighted by Gasteiger charge is 2.16. The SMILES string of the molecule is CC(C(N)=NC(=O)c1cnc(N2CCNCC2)cn1)c1ccc(-c2cnc(N)nc2)nc1.CCC. The van der Waals surface area contributed by atoms with Gasteiger partial charge in [-0.05, 0) is 11.6 Å². The number of anilines is 2. The average Bonchev–Trinajstić information content (AvgIpc) is 2.90. The minimum Gasteiger partial charge on any atom is -0.387 e. The lowest BCUT2D eigenvalue weighted by Gasteiger charge is -2.27. The number of nitrogen functional groups attached to an aromatic ring is 1. The number of carbonyl (C=O) groups excluding carboxylic acids is 1. The number of pyridine rings is 1. The number of carbonyl (C=O) groups is 1. The number of amides is 1. The van der Waals surface area contributed by atoms with Gasteiger partial charge in [0.2, 0.25) is 5.95 Å². The quantitative estimate of drug-likeness (QED) is 0.367. The lowest BCUT2D eigenvalue weighted by atomic mass is 10.0. The second-order valence-electron chi connectivity index (χ2n) is 8.07. The summed E-state index contributed by atoms with van der Waals surface area (Å²) in [6.07, 6.45) is 9.18. The lowest BCUT2D eigenvalue weighted by molar-refractivity contribution is 0.0997. The smallest absolute Gasteiger partial charge is 0.298 e. The van der Waals surface area contributed by atoms with Crippen molar-refractivity contribution < 1.29 is 4.79 Å². The van der Waals surface area contributed by atoms with E-state index in [1.54, 1.807) is 24.8 Å². The van der Waals surface area contributed by atoms with Crippen molar-refractivity contribution in [1.82, 2.24) is 30.2 Å². The average molecular weight is 477 g/mol. The minimum absolute atomic E-state index is 0.149. The number of piperazine rings is 1. The second kappa shape index (κ2) is 12.5. The number of amidine groups is 1. The highest BCUT2D eigenvalue weighted by Crippen LogP contribution is 2.20. The first-order valence-electron chi connectivity index (χ1n) is 11.6. The molecule has 0 spiro atoms. The monoisotopic (exact) mass is 476 g/mol. The summed E-state index contributed by atoms with van der Waals surface area (Å²) in [4.78, 5) is 39.6. The van der Waals surface area contributed by atoms with Crippen molar-refractivity contribution >= 4 is 23.5 Å². The number of hydrogen-bond donors (Lipinski definition) is 3. The molecule has 1 unspecified atom stereocenters. The molecule has 11 nitrogen and oxygen atoms in total. The van der Waals surface area contributed by atoms with Gasteiger partial charge in [-0.15, -0.1) is 0 Å². The van der Waals surface area contributed by atoms with E-state index in [1.165, 1.54) is 12.6 Å². The van der Waals surface area contributed by atoms with Crippen molar-refractivity contribution in [1.29, 1.82) is 0 Å². The zero-order valence-electron chi connectivity index (χ0n) is 20.3. The zero-order valence-corrected chi connectivity index (χ0v) is 20.3. The van der Waals surface area contributed by atoms with Gasteiger partial charge in [0.25, 0.3) is 5.91 Å². The Morgan fingerprint density at radius 1 is 1.03 bits per heavy atom. The van der Waals surface area contributed by atoms with E-state index in [2.05, 4.69) is 54.0 Å². The van der Waals surface area contributed by atoms with Crippen molar-refractivity contribution in [3.05, 3.63) is 54.4 Å². The third-order valence-corrected chi connectivity index (χ3v) is 5.23. The first kappa shape index (κ1) is 25.6. The minimum atomic E-state index is -0.530. The van der Waals surface area contributed by atoms with Gasteiger partial charge in [0, 0.05) is 56.3 Å². The molecule has 1 atom stereocenters.